The highest BCUT2D eigenvalue weighted by molar-refractivity contribution is 7.89. The summed E-state index contributed by atoms with van der Waals surface area (Å²) in [5, 5.41) is 0. The number of nitrogens with zero attached hydrogens (tertiary/aromatic N) is 1. The lowest BCUT2D eigenvalue weighted by Gasteiger charge is -2.25. The molecular formula is C21H28N2O3S. The van der Waals surface area contributed by atoms with Crippen molar-refractivity contribution in [2.45, 2.75) is 45.4 Å². The molecule has 0 saturated carbocycles. The summed E-state index contributed by atoms with van der Waals surface area (Å²) >= 11 is 0. The zero-order valence-corrected chi connectivity index (χ0v) is 17.4. The standard InChI is InChI=1S/C21H28N2O3S/c1-15(2)19-9-11-20(12-10-19)27(25,26)22-13-14-23(18(5)24)21-16(3)7-6-8-17(21)4/h6-12,15,22H,13-14H2,1-5H3. The van der Waals surface area contributed by atoms with E-state index >= 15 is 0 Å². The molecule has 0 fully saturated rings. The molecule has 2 aromatic carbocycles. The summed E-state index contributed by atoms with van der Waals surface area (Å²) in [6.07, 6.45) is 0. The molecule has 27 heavy (non-hydrogen) atoms. The lowest BCUT2D eigenvalue weighted by atomic mass is 10.0. The first-order valence-corrected chi connectivity index (χ1v) is 10.6. The molecule has 0 radical (unpaired) electrons. The van der Waals surface area contributed by atoms with Crippen LogP contribution in [0.3, 0.4) is 0 Å². The van der Waals surface area contributed by atoms with Crippen LogP contribution in [0.4, 0.5) is 5.69 Å². The lowest BCUT2D eigenvalue weighted by Crippen LogP contribution is -2.38. The van der Waals surface area contributed by atoms with Gasteiger partial charge >= 0.3 is 0 Å². The van der Waals surface area contributed by atoms with E-state index in [1.807, 2.05) is 44.2 Å². The number of carbonyl (C=O) groups excluding carboxylic acids is 1. The summed E-state index contributed by atoms with van der Waals surface area (Å²) in [6.45, 7) is 9.91. The van der Waals surface area contributed by atoms with Gasteiger partial charge in [-0.25, -0.2) is 13.1 Å². The van der Waals surface area contributed by atoms with Crippen molar-refractivity contribution in [1.82, 2.24) is 4.72 Å². The van der Waals surface area contributed by atoms with Crippen LogP contribution in [0.25, 0.3) is 0 Å². The highest BCUT2D eigenvalue weighted by Crippen LogP contribution is 2.24. The fraction of sp³-hybridized carbons (Fsp3) is 0.381. The molecule has 0 aromatic heterocycles. The normalized spacial score (nSPS) is 11.6. The highest BCUT2D eigenvalue weighted by atomic mass is 32.2. The second-order valence-electron chi connectivity index (χ2n) is 7.03. The highest BCUT2D eigenvalue weighted by Gasteiger charge is 2.18. The van der Waals surface area contributed by atoms with Crippen molar-refractivity contribution in [3.05, 3.63) is 59.2 Å². The summed E-state index contributed by atoms with van der Waals surface area (Å²) in [6, 6.07) is 12.7. The number of carbonyl (C=O) groups is 1. The molecule has 0 spiro atoms. The van der Waals surface area contributed by atoms with E-state index in [2.05, 4.69) is 18.6 Å². The number of hydrogen-bond donors (Lipinski definition) is 1. The fourth-order valence-electron chi connectivity index (χ4n) is 3.07. The zero-order chi connectivity index (χ0) is 20.2. The van der Waals surface area contributed by atoms with Crippen molar-refractivity contribution in [1.29, 1.82) is 0 Å². The van der Waals surface area contributed by atoms with Crippen molar-refractivity contribution in [3.63, 3.8) is 0 Å². The molecule has 146 valence electrons. The molecule has 0 heterocycles. The Kier molecular flexibility index (Phi) is 6.78. The Morgan fingerprint density at radius 2 is 1.59 bits per heavy atom. The van der Waals surface area contributed by atoms with E-state index in [-0.39, 0.29) is 23.9 Å². The van der Waals surface area contributed by atoms with Gasteiger partial charge in [0.1, 0.15) is 0 Å². The number of hydrogen-bond acceptors (Lipinski definition) is 3. The van der Waals surface area contributed by atoms with Gasteiger partial charge in [0.25, 0.3) is 0 Å². The molecule has 1 N–H and O–H groups in total. The largest absolute Gasteiger partial charge is 0.311 e. The number of rotatable bonds is 7. The number of benzene rings is 2. The van der Waals surface area contributed by atoms with Gasteiger partial charge in [-0.05, 0) is 48.6 Å². The SMILES string of the molecule is CC(=O)N(CCNS(=O)(=O)c1ccc(C(C)C)cc1)c1c(C)cccc1C. The third kappa shape index (κ3) is 5.17. The number of nitrogens with one attached hydrogen (secondary N) is 1. The van der Waals surface area contributed by atoms with E-state index in [9.17, 15) is 13.2 Å². The van der Waals surface area contributed by atoms with Crippen LogP contribution < -0.4 is 9.62 Å². The van der Waals surface area contributed by atoms with Crippen molar-refractivity contribution in [2.24, 2.45) is 0 Å². The van der Waals surface area contributed by atoms with Crippen LogP contribution in [0.15, 0.2) is 47.4 Å². The van der Waals surface area contributed by atoms with Crippen LogP contribution >= 0.6 is 0 Å². The first-order chi connectivity index (χ1) is 12.6. The average molecular weight is 389 g/mol. The number of amides is 1. The number of sulfonamides is 1. The molecule has 5 nitrogen and oxygen atoms in total. The second-order valence-corrected chi connectivity index (χ2v) is 8.80. The molecular weight excluding hydrogens is 360 g/mol. The molecule has 6 heteroatoms. The van der Waals surface area contributed by atoms with E-state index in [0.717, 1.165) is 22.4 Å². The molecule has 0 atom stereocenters. The molecule has 0 saturated heterocycles. The molecule has 2 rings (SSSR count). The van der Waals surface area contributed by atoms with Crippen molar-refractivity contribution in [2.75, 3.05) is 18.0 Å². The van der Waals surface area contributed by atoms with Gasteiger partial charge in [0, 0.05) is 25.7 Å². The topological polar surface area (TPSA) is 66.5 Å². The van der Waals surface area contributed by atoms with Gasteiger partial charge in [-0.1, -0.05) is 44.2 Å². The summed E-state index contributed by atoms with van der Waals surface area (Å²) in [4.78, 5) is 14.0. The first-order valence-electron chi connectivity index (χ1n) is 9.07. The molecule has 0 aliphatic carbocycles. The van der Waals surface area contributed by atoms with Crippen LogP contribution in [0.5, 0.6) is 0 Å². The van der Waals surface area contributed by atoms with Gasteiger partial charge in [0.15, 0.2) is 0 Å². The third-order valence-electron chi connectivity index (χ3n) is 4.57. The Hall–Kier alpha value is -2.18. The Labute approximate surface area is 162 Å². The maximum absolute atomic E-state index is 12.5. The van der Waals surface area contributed by atoms with E-state index in [0.29, 0.717) is 5.92 Å². The zero-order valence-electron chi connectivity index (χ0n) is 16.6. The van der Waals surface area contributed by atoms with Crippen LogP contribution in [-0.2, 0) is 14.8 Å². The van der Waals surface area contributed by atoms with E-state index in [1.54, 1.807) is 17.0 Å². The predicted octanol–water partition coefficient (Wildman–Crippen LogP) is 3.76. The van der Waals surface area contributed by atoms with E-state index in [4.69, 9.17) is 0 Å². The summed E-state index contributed by atoms with van der Waals surface area (Å²) in [7, 11) is -3.61. The molecule has 0 aliphatic heterocycles. The molecule has 0 unspecified atom stereocenters. The third-order valence-corrected chi connectivity index (χ3v) is 6.05. The van der Waals surface area contributed by atoms with Crippen LogP contribution in [0.1, 0.15) is 43.4 Å². The van der Waals surface area contributed by atoms with Crippen molar-refractivity contribution >= 4 is 21.6 Å². The van der Waals surface area contributed by atoms with Gasteiger partial charge in [0.05, 0.1) is 4.90 Å². The Morgan fingerprint density at radius 1 is 1.04 bits per heavy atom. The van der Waals surface area contributed by atoms with E-state index < -0.39 is 10.0 Å². The van der Waals surface area contributed by atoms with Crippen LogP contribution in [0.2, 0.25) is 0 Å². The maximum Gasteiger partial charge on any atom is 0.240 e. The summed E-state index contributed by atoms with van der Waals surface area (Å²) in [5.41, 5.74) is 3.90. The number of anilines is 1. The Morgan fingerprint density at radius 3 is 2.07 bits per heavy atom. The molecule has 0 aliphatic rings. The lowest BCUT2D eigenvalue weighted by molar-refractivity contribution is -0.116. The van der Waals surface area contributed by atoms with Gasteiger partial charge < -0.3 is 4.90 Å². The molecule has 2 aromatic rings. The number of para-hydroxylation sites is 1. The first kappa shape index (κ1) is 21.1. The van der Waals surface area contributed by atoms with Crippen LogP contribution in [0, 0.1) is 13.8 Å². The Bertz CT molecular complexity index is 883. The second kappa shape index (κ2) is 8.67. The van der Waals surface area contributed by atoms with Crippen molar-refractivity contribution < 1.29 is 13.2 Å². The Balaban J connectivity index is 2.11. The summed E-state index contributed by atoms with van der Waals surface area (Å²) in [5.74, 6) is 0.226. The van der Waals surface area contributed by atoms with Gasteiger partial charge in [0.2, 0.25) is 15.9 Å². The minimum Gasteiger partial charge on any atom is -0.311 e. The van der Waals surface area contributed by atoms with Crippen molar-refractivity contribution in [3.8, 4) is 0 Å². The van der Waals surface area contributed by atoms with Crippen LogP contribution in [-0.4, -0.2) is 27.4 Å². The smallest absolute Gasteiger partial charge is 0.240 e. The van der Waals surface area contributed by atoms with Gasteiger partial charge in [-0.3, -0.25) is 4.79 Å². The minimum atomic E-state index is -3.61. The quantitative estimate of drug-likeness (QED) is 0.785. The molecule has 1 amide bonds. The fourth-order valence-corrected chi connectivity index (χ4v) is 4.09. The summed E-state index contributed by atoms with van der Waals surface area (Å²) < 4.78 is 27.6. The minimum absolute atomic E-state index is 0.118. The van der Waals surface area contributed by atoms with Gasteiger partial charge in [-0.2, -0.15) is 0 Å². The number of aryl methyl sites for hydroxylation is 2. The monoisotopic (exact) mass is 388 g/mol. The maximum atomic E-state index is 12.5. The molecule has 0 bridgehead atoms. The average Bonchev–Trinajstić information content (AvgIpc) is 2.60. The van der Waals surface area contributed by atoms with E-state index in [1.165, 1.54) is 6.92 Å². The van der Waals surface area contributed by atoms with Gasteiger partial charge in [-0.15, -0.1) is 0 Å². The predicted molar refractivity (Wildman–Crippen MR) is 110 cm³/mol.